The molecule has 1 aliphatic rings. The van der Waals surface area contributed by atoms with E-state index >= 15 is 0 Å². The molecule has 222 valence electrons. The van der Waals surface area contributed by atoms with E-state index in [0.29, 0.717) is 11.8 Å². The summed E-state index contributed by atoms with van der Waals surface area (Å²) >= 11 is 0. The number of anilines is 1. The van der Waals surface area contributed by atoms with E-state index in [2.05, 4.69) is 56.4 Å². The highest BCUT2D eigenvalue weighted by Gasteiger charge is 2.26. The number of halogens is 1. The number of fused-ring (bicyclic) bond motifs is 1. The van der Waals surface area contributed by atoms with Crippen molar-refractivity contribution in [1.29, 1.82) is 0 Å². The summed E-state index contributed by atoms with van der Waals surface area (Å²) in [5.74, 6) is -1.27. The summed E-state index contributed by atoms with van der Waals surface area (Å²) in [4.78, 5) is 10.8. The van der Waals surface area contributed by atoms with Gasteiger partial charge in [-0.15, -0.1) is 0 Å². The van der Waals surface area contributed by atoms with Crippen LogP contribution in [0.2, 0.25) is 0 Å². The first-order valence-electron chi connectivity index (χ1n) is 14.3. The Kier molecular flexibility index (Phi) is 11.5. The number of benzene rings is 3. The Labute approximate surface area is 243 Å². The van der Waals surface area contributed by atoms with Crippen molar-refractivity contribution in [1.82, 2.24) is 0 Å². The van der Waals surface area contributed by atoms with Crippen LogP contribution in [0.15, 0.2) is 48.5 Å². The molecule has 1 unspecified atom stereocenters. The first kappa shape index (κ1) is 32.3. The fraction of sp³-hybridized carbons (Fsp3) is 0.424. The minimum atomic E-state index is -3.67. The molecule has 6 nitrogen and oxygen atoms in total. The molecule has 0 radical (unpaired) electrons. The normalized spacial score (nSPS) is 14.2. The molecular formula is C33H42FNO5S. The molecule has 0 aliphatic heterocycles. The molecule has 3 N–H and O–H groups in total. The van der Waals surface area contributed by atoms with Crippen LogP contribution >= 0.6 is 0 Å². The van der Waals surface area contributed by atoms with Crippen LogP contribution in [0.25, 0.3) is 11.1 Å². The average molecular weight is 584 g/mol. The smallest absolute Gasteiger partial charge is 0.303 e. The monoisotopic (exact) mass is 583 g/mol. The van der Waals surface area contributed by atoms with Gasteiger partial charge in [-0.3, -0.25) is 9.35 Å². The van der Waals surface area contributed by atoms with Gasteiger partial charge < -0.3 is 10.4 Å². The standard InChI is InChI=1S/C32H38FNO2.CH4O3S/c1-4-5-6-7-9-23-18-21(2)32(22(3)19-23)28-11-8-10-27-26(28)15-16-30(27)34-25-14-12-24(29(33)20-25)13-17-31(35)36;1-5(2,3)4/h8,10-12,14,18-20,30,34H,4-7,9,13,15-17H2,1-3H3,(H,35,36);1H3,(H,2,3,4). The van der Waals surface area contributed by atoms with E-state index in [4.69, 9.17) is 9.66 Å². The number of nitrogens with one attached hydrogen (secondary N) is 1. The van der Waals surface area contributed by atoms with E-state index < -0.39 is 16.1 Å². The fourth-order valence-corrected chi connectivity index (χ4v) is 5.70. The van der Waals surface area contributed by atoms with Gasteiger partial charge >= 0.3 is 5.97 Å². The van der Waals surface area contributed by atoms with Gasteiger partial charge in [0.15, 0.2) is 0 Å². The third-order valence-corrected chi connectivity index (χ3v) is 7.45. The van der Waals surface area contributed by atoms with Crippen LogP contribution in [0.3, 0.4) is 0 Å². The lowest BCUT2D eigenvalue weighted by Gasteiger charge is -2.19. The van der Waals surface area contributed by atoms with Crippen molar-refractivity contribution in [2.45, 2.75) is 84.6 Å². The van der Waals surface area contributed by atoms with E-state index in [0.717, 1.165) is 24.9 Å². The predicted octanol–water partition coefficient (Wildman–Crippen LogP) is 7.85. The Balaban J connectivity index is 0.000000850. The zero-order valence-electron chi connectivity index (χ0n) is 24.5. The molecule has 3 aromatic carbocycles. The van der Waals surface area contributed by atoms with Gasteiger partial charge in [0.1, 0.15) is 5.82 Å². The molecular weight excluding hydrogens is 541 g/mol. The SMILES string of the molecule is CCCCCCc1cc(C)c(-c2cccc3c2CCC3Nc2ccc(CCC(=O)O)c(F)c2)c(C)c1.CS(=O)(=O)O. The number of aliphatic carboxylic acids is 1. The topological polar surface area (TPSA) is 104 Å². The molecule has 41 heavy (non-hydrogen) atoms. The molecule has 4 rings (SSSR count). The summed E-state index contributed by atoms with van der Waals surface area (Å²) in [5.41, 5.74) is 10.6. The predicted molar refractivity (Wildman–Crippen MR) is 164 cm³/mol. The zero-order valence-corrected chi connectivity index (χ0v) is 25.3. The summed E-state index contributed by atoms with van der Waals surface area (Å²) in [6.45, 7) is 6.72. The number of aryl methyl sites for hydroxylation is 4. The molecule has 3 aromatic rings. The zero-order chi connectivity index (χ0) is 30.2. The second-order valence-electron chi connectivity index (χ2n) is 11.0. The van der Waals surface area contributed by atoms with Crippen LogP contribution < -0.4 is 5.32 Å². The maximum atomic E-state index is 14.6. The lowest BCUT2D eigenvalue weighted by molar-refractivity contribution is -0.136. The van der Waals surface area contributed by atoms with Crippen LogP contribution in [0.1, 0.15) is 84.9 Å². The molecule has 1 aliphatic carbocycles. The summed E-state index contributed by atoms with van der Waals surface area (Å²) < 4.78 is 40.4. The number of rotatable bonds is 11. The maximum absolute atomic E-state index is 14.6. The highest BCUT2D eigenvalue weighted by Crippen LogP contribution is 2.41. The van der Waals surface area contributed by atoms with Gasteiger partial charge in [-0.1, -0.05) is 62.6 Å². The molecule has 1 atom stereocenters. The average Bonchev–Trinajstić information content (AvgIpc) is 3.28. The number of carbonyl (C=O) groups is 1. The molecule has 0 spiro atoms. The van der Waals surface area contributed by atoms with Crippen molar-refractivity contribution in [3.63, 3.8) is 0 Å². The number of hydrogen-bond donors (Lipinski definition) is 3. The fourth-order valence-electron chi connectivity index (χ4n) is 5.70. The van der Waals surface area contributed by atoms with E-state index in [1.165, 1.54) is 70.7 Å². The summed E-state index contributed by atoms with van der Waals surface area (Å²) in [6.07, 6.45) is 9.06. The number of unbranched alkanes of at least 4 members (excludes halogenated alkanes) is 3. The lowest BCUT2D eigenvalue weighted by Crippen LogP contribution is -2.08. The summed E-state index contributed by atoms with van der Waals surface area (Å²) in [5, 5.41) is 12.4. The quantitative estimate of drug-likeness (QED) is 0.157. The van der Waals surface area contributed by atoms with Crippen molar-refractivity contribution in [2.24, 2.45) is 0 Å². The molecule has 0 aromatic heterocycles. The van der Waals surface area contributed by atoms with E-state index in [9.17, 15) is 17.6 Å². The van der Waals surface area contributed by atoms with Crippen molar-refractivity contribution >= 4 is 21.8 Å². The van der Waals surface area contributed by atoms with E-state index in [1.54, 1.807) is 6.07 Å². The molecule has 0 saturated heterocycles. The third-order valence-electron chi connectivity index (χ3n) is 7.45. The van der Waals surface area contributed by atoms with Crippen LogP contribution in [0.4, 0.5) is 10.1 Å². The molecule has 0 bridgehead atoms. The Bertz CT molecular complexity index is 1440. The minimum Gasteiger partial charge on any atom is -0.481 e. The lowest BCUT2D eigenvalue weighted by atomic mass is 9.88. The van der Waals surface area contributed by atoms with Gasteiger partial charge in [-0.25, -0.2) is 4.39 Å². The summed E-state index contributed by atoms with van der Waals surface area (Å²) in [6, 6.07) is 16.5. The molecule has 0 fully saturated rings. The Morgan fingerprint density at radius 3 is 2.32 bits per heavy atom. The first-order valence-corrected chi connectivity index (χ1v) is 16.1. The molecule has 0 heterocycles. The van der Waals surface area contributed by atoms with Crippen LogP contribution in [0.5, 0.6) is 0 Å². The maximum Gasteiger partial charge on any atom is 0.303 e. The van der Waals surface area contributed by atoms with Crippen LogP contribution in [0, 0.1) is 19.7 Å². The molecule has 8 heteroatoms. The molecule has 0 saturated carbocycles. The van der Waals surface area contributed by atoms with Crippen molar-refractivity contribution in [2.75, 3.05) is 11.6 Å². The largest absolute Gasteiger partial charge is 0.481 e. The third kappa shape index (κ3) is 9.68. The Hall–Kier alpha value is -3.23. The number of carboxylic acids is 1. The van der Waals surface area contributed by atoms with Crippen LogP contribution in [-0.4, -0.2) is 30.3 Å². The first-order chi connectivity index (χ1) is 19.4. The van der Waals surface area contributed by atoms with Gasteiger partial charge in [0, 0.05) is 12.1 Å². The summed E-state index contributed by atoms with van der Waals surface area (Å²) in [7, 11) is -3.67. The van der Waals surface area contributed by atoms with Gasteiger partial charge in [0.05, 0.1) is 12.3 Å². The minimum absolute atomic E-state index is 0.0683. The second kappa shape index (κ2) is 14.6. The van der Waals surface area contributed by atoms with Gasteiger partial charge in [-0.05, 0) is 103 Å². The number of hydrogen-bond acceptors (Lipinski definition) is 4. The van der Waals surface area contributed by atoms with E-state index in [-0.39, 0.29) is 24.7 Å². The van der Waals surface area contributed by atoms with Crippen LogP contribution in [-0.2, 0) is 34.2 Å². The Morgan fingerprint density at radius 1 is 1.02 bits per heavy atom. The highest BCUT2D eigenvalue weighted by atomic mass is 32.2. The van der Waals surface area contributed by atoms with Crippen molar-refractivity contribution in [3.05, 3.63) is 87.7 Å². The van der Waals surface area contributed by atoms with Crippen molar-refractivity contribution in [3.8, 4) is 11.1 Å². The van der Waals surface area contributed by atoms with E-state index in [1.807, 2.05) is 6.07 Å². The van der Waals surface area contributed by atoms with Gasteiger partial charge in [0.2, 0.25) is 0 Å². The Morgan fingerprint density at radius 2 is 1.71 bits per heavy atom. The second-order valence-corrected chi connectivity index (χ2v) is 12.4. The van der Waals surface area contributed by atoms with Gasteiger partial charge in [0.25, 0.3) is 10.1 Å². The van der Waals surface area contributed by atoms with Crippen molar-refractivity contribution < 1.29 is 27.3 Å². The van der Waals surface area contributed by atoms with Gasteiger partial charge in [-0.2, -0.15) is 8.42 Å². The molecule has 0 amide bonds. The highest BCUT2D eigenvalue weighted by molar-refractivity contribution is 7.85. The number of carboxylic acid groups (broad SMARTS) is 1.